The first-order valence-corrected chi connectivity index (χ1v) is 25.6. The van der Waals surface area contributed by atoms with Crippen molar-refractivity contribution in [3.8, 4) is 78.9 Å². The molecule has 1 aliphatic rings. The summed E-state index contributed by atoms with van der Waals surface area (Å²) in [6.07, 6.45) is 5.45. The predicted molar refractivity (Wildman–Crippen MR) is 318 cm³/mol. The summed E-state index contributed by atoms with van der Waals surface area (Å²) in [7, 11) is 0. The molecule has 14 aromatic rings. The second kappa shape index (κ2) is 18.5. The van der Waals surface area contributed by atoms with Crippen molar-refractivity contribution in [2.24, 2.45) is 0 Å². The van der Waals surface area contributed by atoms with Crippen molar-refractivity contribution in [2.45, 2.75) is 39.9 Å². The summed E-state index contributed by atoms with van der Waals surface area (Å²) in [5, 5.41) is 3.56. The largest absolute Gasteiger partial charge is 0.510 e. The molecule has 0 fully saturated rings. The smallest absolute Gasteiger partial charge is 0.268 e. The number of aryl methyl sites for hydroxylation is 2. The Labute approximate surface area is 493 Å². The van der Waals surface area contributed by atoms with Crippen molar-refractivity contribution in [1.29, 1.82) is 0 Å². The molecule has 1 aliphatic heterocycles. The van der Waals surface area contributed by atoms with E-state index in [1.807, 2.05) is 95.7 Å². The molecule has 0 aliphatic carbocycles. The number of rotatable bonds is 6. The fourth-order valence-corrected chi connectivity index (χ4v) is 11.4. The summed E-state index contributed by atoms with van der Waals surface area (Å²) in [6, 6.07) is 51.3. The molecule has 0 saturated carbocycles. The van der Waals surface area contributed by atoms with Crippen LogP contribution in [0.5, 0.6) is 11.5 Å². The van der Waals surface area contributed by atoms with Gasteiger partial charge in [-0.25, -0.2) is 4.98 Å². The minimum Gasteiger partial charge on any atom is -0.510 e. The predicted octanol–water partition coefficient (Wildman–Crippen LogP) is 17.6. The van der Waals surface area contributed by atoms with E-state index in [4.69, 9.17) is 17.9 Å². The van der Waals surface area contributed by atoms with Crippen molar-refractivity contribution in [3.63, 3.8) is 0 Å². The van der Waals surface area contributed by atoms with Gasteiger partial charge in [-0.15, -0.1) is 29.7 Å². The van der Waals surface area contributed by atoms with Gasteiger partial charge >= 0.3 is 0 Å². The molecule has 0 N–H and O–H groups in total. The maximum Gasteiger partial charge on any atom is 0.268 e. The van der Waals surface area contributed by atoms with Gasteiger partial charge in [0.05, 0.1) is 44.4 Å². The van der Waals surface area contributed by atoms with Crippen LogP contribution in [-0.2, 0) is 26.5 Å². The molecule has 4 aromatic heterocycles. The number of benzene rings is 10. The molecule has 0 radical (unpaired) electrons. The van der Waals surface area contributed by atoms with Gasteiger partial charge in [0.2, 0.25) is 0 Å². The van der Waals surface area contributed by atoms with Gasteiger partial charge in [0.15, 0.2) is 0 Å². The van der Waals surface area contributed by atoms with Crippen LogP contribution in [0.15, 0.2) is 218 Å². The van der Waals surface area contributed by atoms with Crippen LogP contribution >= 0.6 is 0 Å². The molecule has 6 nitrogen and oxygen atoms in total. The summed E-state index contributed by atoms with van der Waals surface area (Å²) in [6.45, 7) is 0.684. The van der Waals surface area contributed by atoms with Crippen LogP contribution in [0.1, 0.15) is 56.7 Å². The first-order chi connectivity index (χ1) is 43.9. The van der Waals surface area contributed by atoms with Crippen molar-refractivity contribution in [3.05, 3.63) is 253 Å². The monoisotopic (exact) mass is 1210 g/mol. The van der Waals surface area contributed by atoms with Crippen molar-refractivity contribution < 1.29 is 49.6 Å². The molecule has 382 valence electrons. The Morgan fingerprint density at radius 3 is 1.80 bits per heavy atom. The molecular formula is C72H51N5OPt-2. The molecule has 79 heavy (non-hydrogen) atoms. The number of hydrogen-bond acceptors (Lipinski definition) is 2. The molecule has 0 spiro atoms. The molecule has 0 bridgehead atoms. The van der Waals surface area contributed by atoms with Gasteiger partial charge in [-0.1, -0.05) is 166 Å². The van der Waals surface area contributed by atoms with E-state index < -0.39 is 62.0 Å². The van der Waals surface area contributed by atoms with Gasteiger partial charge in [-0.05, 0) is 134 Å². The van der Waals surface area contributed by atoms with Gasteiger partial charge in [-0.2, -0.15) is 18.2 Å². The summed E-state index contributed by atoms with van der Waals surface area (Å²) in [5.41, 5.74) is 4.25. The second-order valence-corrected chi connectivity index (χ2v) is 20.5. The first kappa shape index (κ1) is 35.3. The summed E-state index contributed by atoms with van der Waals surface area (Å²) < 4.78 is 145. The van der Waals surface area contributed by atoms with Gasteiger partial charge in [0.1, 0.15) is 5.82 Å². The van der Waals surface area contributed by atoms with Crippen LogP contribution in [0.2, 0.25) is 0 Å². The first-order valence-electron chi connectivity index (χ1n) is 32.6. The van der Waals surface area contributed by atoms with Crippen molar-refractivity contribution in [1.82, 2.24) is 18.7 Å². The number of para-hydroxylation sites is 4. The summed E-state index contributed by atoms with van der Waals surface area (Å²) in [4.78, 5) is 4.85. The average Bonchev–Trinajstić information content (AvgIpc) is 1.61. The Balaban J connectivity index is 0.00000749. The molecule has 0 amide bonds. The zero-order chi connectivity index (χ0) is 64.4. The number of imidazole rings is 1. The zero-order valence-corrected chi connectivity index (χ0v) is 44.9. The second-order valence-electron chi connectivity index (χ2n) is 20.5. The normalized spacial score (nSPS) is 14.9. The van der Waals surface area contributed by atoms with Crippen LogP contribution in [0, 0.1) is 32.2 Å². The number of fused-ring (bicyclic) bond motifs is 13. The van der Waals surface area contributed by atoms with E-state index in [1.54, 1.807) is 45.5 Å². The third-order valence-corrected chi connectivity index (χ3v) is 14.9. The molecule has 5 heterocycles. The number of pyridine rings is 1. The van der Waals surface area contributed by atoms with Gasteiger partial charge in [0.25, 0.3) is 6.33 Å². The van der Waals surface area contributed by atoms with Gasteiger partial charge in [0, 0.05) is 63.3 Å². The molecule has 7 heteroatoms. The molecule has 15 rings (SSSR count). The average molecular weight is 1210 g/mol. The summed E-state index contributed by atoms with van der Waals surface area (Å²) in [5.74, 6) is 1.37. The molecule has 0 unspecified atom stereocenters. The number of ether oxygens (including phenoxy) is 1. The molecule has 10 aromatic carbocycles. The molecular weight excluding hydrogens is 1150 g/mol. The fraction of sp³-hybridized carbons (Fsp3) is 0.0833. The van der Waals surface area contributed by atoms with E-state index in [-0.39, 0.29) is 99.2 Å². The summed E-state index contributed by atoms with van der Waals surface area (Å²) >= 11 is 0. The van der Waals surface area contributed by atoms with E-state index in [1.165, 1.54) is 24.3 Å². The Bertz CT molecular complexity index is 5440. The Kier molecular flexibility index (Phi) is 8.30. The standard InChI is InChI=1S/C72H51N5O.Pt/c1-45-19-16-20-46(2)69(45)47-39-61-55-26-9-7-24-53(55)52-23-6-8-25-54(52)60-30-18-34-65-70(60)75(71(61)67(40-47)76-62-31-13-10-27-56(62)57-28-11-14-32-63(57)76)44-74(65)49-21-17-22-50(42-49)78-51-35-36-59-58-29-12-15-33-64(58)77(66(59)43-51)68-41-48(37-38-73-68)72(3,4)5;/h6-41H,1-5H3;/q-2;/i1D3,2D3,6D,7D,8D,9D,23D,24D,25D,26D;. The van der Waals surface area contributed by atoms with Crippen LogP contribution in [0.25, 0.3) is 122 Å². The van der Waals surface area contributed by atoms with Crippen LogP contribution in [0.4, 0.5) is 0 Å². The Hall–Kier alpha value is -9.09. The molecule has 0 atom stereocenters. The number of nitrogens with zero attached hydrogens (tertiary/aromatic N) is 5. The van der Waals surface area contributed by atoms with Crippen molar-refractivity contribution >= 4 is 54.6 Å². The van der Waals surface area contributed by atoms with Crippen LogP contribution in [-0.4, -0.2) is 18.7 Å². The number of aromatic nitrogens is 5. The minimum absolute atomic E-state index is 0. The van der Waals surface area contributed by atoms with Crippen LogP contribution < -0.4 is 9.30 Å². The fourth-order valence-electron chi connectivity index (χ4n) is 11.4. The molecule has 0 saturated heterocycles. The van der Waals surface area contributed by atoms with E-state index in [2.05, 4.69) is 62.0 Å². The SMILES string of the molecule is [2H]c1c([2H])c([2H])c2c(c1[2H])-c1cc(-c3c(C([2H])([2H])[2H])cccc3C([2H])([2H])[2H])cc(-n3c4ccccc4c4ccccc43)c1-[n+]1[c-]n(-c3[c-]c(Oc4[c-]c5c(cc4)c4ccccc4n5-c4cc(C(C)(C)C)ccn4)ccc3)c3cccc(c31)-c1c([2H])c([2H])c([2H])c([2H])c1-2.[Pt]. The number of hydrogen-bond donors (Lipinski definition) is 0. The van der Waals surface area contributed by atoms with E-state index in [0.717, 1.165) is 44.0 Å². The third kappa shape index (κ3) is 7.64. The van der Waals surface area contributed by atoms with Crippen molar-refractivity contribution in [2.75, 3.05) is 0 Å². The zero-order valence-electron chi connectivity index (χ0n) is 56.6. The maximum atomic E-state index is 10.1. The van der Waals surface area contributed by atoms with E-state index in [9.17, 15) is 11.0 Å². The van der Waals surface area contributed by atoms with Crippen LogP contribution in [0.3, 0.4) is 0 Å². The quantitative estimate of drug-likeness (QED) is 0.123. The topological polar surface area (TPSA) is 40.8 Å². The Morgan fingerprint density at radius 1 is 0.544 bits per heavy atom. The van der Waals surface area contributed by atoms with E-state index in [0.29, 0.717) is 33.5 Å². The van der Waals surface area contributed by atoms with Gasteiger partial charge in [-0.3, -0.25) is 4.57 Å². The van der Waals surface area contributed by atoms with E-state index >= 15 is 0 Å². The third-order valence-electron chi connectivity index (χ3n) is 14.9. The van der Waals surface area contributed by atoms with Gasteiger partial charge < -0.3 is 18.4 Å². The Morgan fingerprint density at radius 2 is 1.13 bits per heavy atom. The minimum atomic E-state index is -2.89. The maximum absolute atomic E-state index is 10.1.